The van der Waals surface area contributed by atoms with Gasteiger partial charge in [0.05, 0.1) is 11.1 Å². The summed E-state index contributed by atoms with van der Waals surface area (Å²) in [6.07, 6.45) is -4.81. The summed E-state index contributed by atoms with van der Waals surface area (Å²) < 4.78 is 55.9. The number of alkyl halides is 3. The third kappa shape index (κ3) is 2.01. The minimum atomic E-state index is -4.81. The van der Waals surface area contributed by atoms with E-state index in [9.17, 15) is 17.6 Å². The van der Waals surface area contributed by atoms with Gasteiger partial charge >= 0.3 is 6.18 Å². The van der Waals surface area contributed by atoms with Crippen LogP contribution in [-0.2, 0) is 6.18 Å². The molecule has 3 nitrogen and oxygen atoms in total. The number of nitrogen functional groups attached to an aromatic ring is 1. The molecule has 1 heterocycles. The lowest BCUT2D eigenvalue weighted by Gasteiger charge is -2.09. The Labute approximate surface area is 103 Å². The van der Waals surface area contributed by atoms with Crippen molar-refractivity contribution in [2.45, 2.75) is 6.18 Å². The smallest absolute Gasteiger partial charge is 0.380 e. The molecule has 0 bridgehead atoms. The van der Waals surface area contributed by atoms with E-state index in [1.807, 2.05) is 0 Å². The van der Waals surface area contributed by atoms with Crippen molar-refractivity contribution >= 4 is 17.4 Å². The molecule has 0 aliphatic heterocycles. The second-order valence-corrected chi connectivity index (χ2v) is 3.75. The lowest BCUT2D eigenvalue weighted by atomic mass is 10.1. The zero-order chi connectivity index (χ0) is 13.5. The summed E-state index contributed by atoms with van der Waals surface area (Å²) in [5.41, 5.74) is 3.41. The maximum absolute atomic E-state index is 13.7. The Balaban J connectivity index is 2.64. The van der Waals surface area contributed by atoms with Gasteiger partial charge in [0.1, 0.15) is 10.8 Å². The van der Waals surface area contributed by atoms with Crippen molar-refractivity contribution in [3.05, 3.63) is 34.6 Å². The first-order valence-corrected chi connectivity index (χ1v) is 4.97. The van der Waals surface area contributed by atoms with Gasteiger partial charge in [0, 0.05) is 0 Å². The molecule has 0 aliphatic carbocycles. The highest BCUT2D eigenvalue weighted by molar-refractivity contribution is 6.35. The zero-order valence-corrected chi connectivity index (χ0v) is 9.31. The van der Waals surface area contributed by atoms with Gasteiger partial charge in [-0.15, -0.1) is 0 Å². The minimum absolute atomic E-state index is 0.219. The zero-order valence-electron chi connectivity index (χ0n) is 8.55. The molecule has 2 aromatic rings. The van der Waals surface area contributed by atoms with Crippen molar-refractivity contribution in [1.29, 1.82) is 0 Å². The fourth-order valence-corrected chi connectivity index (χ4v) is 1.56. The predicted octanol–water partition coefficient (Wildman–Crippen LogP) is 3.74. The molecule has 0 radical (unpaired) electrons. The number of nitrogens with two attached hydrogens (primary N) is 1. The standard InChI is InChI=1S/C10H5ClF4N2O/c11-6-8(18-17-9(6)16)4-2-1-3-5(7(4)12)10(13,14)15/h1-3H,(H2,16,17). The van der Waals surface area contributed by atoms with Gasteiger partial charge in [-0.2, -0.15) is 13.2 Å². The van der Waals surface area contributed by atoms with E-state index in [1.165, 1.54) is 0 Å². The van der Waals surface area contributed by atoms with Crippen LogP contribution in [0.15, 0.2) is 22.7 Å². The third-order valence-electron chi connectivity index (χ3n) is 2.21. The second-order valence-electron chi connectivity index (χ2n) is 3.38. The summed E-state index contributed by atoms with van der Waals surface area (Å²) in [6.45, 7) is 0. The van der Waals surface area contributed by atoms with Crippen LogP contribution in [0.5, 0.6) is 0 Å². The summed E-state index contributed by atoms with van der Waals surface area (Å²) in [5.74, 6) is -2.04. The Bertz CT molecular complexity index is 594. The molecule has 2 rings (SSSR count). The number of anilines is 1. The lowest BCUT2D eigenvalue weighted by molar-refractivity contribution is -0.139. The molecule has 96 valence electrons. The van der Waals surface area contributed by atoms with Crippen LogP contribution in [0.3, 0.4) is 0 Å². The number of aromatic nitrogens is 1. The molecular weight excluding hydrogens is 276 g/mol. The minimum Gasteiger partial charge on any atom is -0.380 e. The quantitative estimate of drug-likeness (QED) is 0.810. The Kier molecular flexibility index (Phi) is 2.94. The van der Waals surface area contributed by atoms with Gasteiger partial charge in [-0.1, -0.05) is 22.8 Å². The number of nitrogens with zero attached hydrogens (tertiary/aromatic N) is 1. The van der Waals surface area contributed by atoms with Crippen LogP contribution in [0.25, 0.3) is 11.3 Å². The first-order chi connectivity index (χ1) is 8.32. The summed E-state index contributed by atoms with van der Waals surface area (Å²) >= 11 is 5.65. The third-order valence-corrected chi connectivity index (χ3v) is 2.57. The van der Waals surface area contributed by atoms with Crippen LogP contribution in [0.4, 0.5) is 23.4 Å². The van der Waals surface area contributed by atoms with Crippen LogP contribution in [0, 0.1) is 5.82 Å². The molecular formula is C10H5ClF4N2O. The van der Waals surface area contributed by atoms with Gasteiger partial charge in [-0.25, -0.2) is 4.39 Å². The van der Waals surface area contributed by atoms with Gasteiger partial charge in [0.2, 0.25) is 0 Å². The van der Waals surface area contributed by atoms with E-state index in [0.29, 0.717) is 6.07 Å². The van der Waals surface area contributed by atoms with Crippen LogP contribution < -0.4 is 5.73 Å². The van der Waals surface area contributed by atoms with Crippen LogP contribution in [-0.4, -0.2) is 5.16 Å². The molecule has 8 heteroatoms. The van der Waals surface area contributed by atoms with E-state index in [2.05, 4.69) is 9.68 Å². The molecule has 0 atom stereocenters. The largest absolute Gasteiger partial charge is 0.419 e. The van der Waals surface area contributed by atoms with Crippen molar-refractivity contribution in [1.82, 2.24) is 5.16 Å². The summed E-state index contributed by atoms with van der Waals surface area (Å²) in [6, 6.07) is 2.75. The highest BCUT2D eigenvalue weighted by Crippen LogP contribution is 2.38. The fourth-order valence-electron chi connectivity index (χ4n) is 1.38. The normalized spacial score (nSPS) is 11.8. The maximum atomic E-state index is 13.7. The molecule has 0 amide bonds. The van der Waals surface area contributed by atoms with Gasteiger partial charge in [-0.05, 0) is 12.1 Å². The Morgan fingerprint density at radius 3 is 2.44 bits per heavy atom. The van der Waals surface area contributed by atoms with Gasteiger partial charge < -0.3 is 10.3 Å². The molecule has 2 N–H and O–H groups in total. The molecule has 0 fully saturated rings. The Morgan fingerprint density at radius 2 is 1.94 bits per heavy atom. The van der Waals surface area contributed by atoms with Crippen LogP contribution in [0.2, 0.25) is 5.02 Å². The Morgan fingerprint density at radius 1 is 1.28 bits per heavy atom. The van der Waals surface area contributed by atoms with E-state index in [0.717, 1.165) is 12.1 Å². The van der Waals surface area contributed by atoms with E-state index >= 15 is 0 Å². The van der Waals surface area contributed by atoms with Crippen molar-refractivity contribution in [3.63, 3.8) is 0 Å². The van der Waals surface area contributed by atoms with E-state index in [1.54, 1.807) is 0 Å². The first-order valence-electron chi connectivity index (χ1n) is 4.59. The number of rotatable bonds is 1. The average Bonchev–Trinajstić information content (AvgIpc) is 2.59. The summed E-state index contributed by atoms with van der Waals surface area (Å²) in [4.78, 5) is 0. The first kappa shape index (κ1) is 12.7. The van der Waals surface area contributed by atoms with Gasteiger partial charge in [-0.3, -0.25) is 0 Å². The highest BCUT2D eigenvalue weighted by atomic mass is 35.5. The number of hydrogen-bond donors (Lipinski definition) is 1. The van der Waals surface area contributed by atoms with Gasteiger partial charge in [0.15, 0.2) is 11.6 Å². The topological polar surface area (TPSA) is 52.0 Å². The monoisotopic (exact) mass is 280 g/mol. The van der Waals surface area contributed by atoms with E-state index in [-0.39, 0.29) is 16.6 Å². The molecule has 0 saturated heterocycles. The molecule has 0 spiro atoms. The van der Waals surface area contributed by atoms with Crippen molar-refractivity contribution < 1.29 is 22.1 Å². The molecule has 0 unspecified atom stereocenters. The number of benzene rings is 1. The Hall–Kier alpha value is -1.76. The van der Waals surface area contributed by atoms with Gasteiger partial charge in [0.25, 0.3) is 0 Å². The van der Waals surface area contributed by atoms with E-state index < -0.39 is 23.1 Å². The lowest BCUT2D eigenvalue weighted by Crippen LogP contribution is -2.08. The van der Waals surface area contributed by atoms with E-state index in [4.69, 9.17) is 17.3 Å². The molecule has 18 heavy (non-hydrogen) atoms. The van der Waals surface area contributed by atoms with Crippen LogP contribution in [0.1, 0.15) is 5.56 Å². The fraction of sp³-hybridized carbons (Fsp3) is 0.100. The summed E-state index contributed by atoms with van der Waals surface area (Å²) in [7, 11) is 0. The van der Waals surface area contributed by atoms with Crippen molar-refractivity contribution in [2.75, 3.05) is 5.73 Å². The average molecular weight is 281 g/mol. The number of halogens is 5. The second kappa shape index (κ2) is 4.16. The number of hydrogen-bond acceptors (Lipinski definition) is 3. The molecule has 0 aliphatic rings. The van der Waals surface area contributed by atoms with Crippen molar-refractivity contribution in [3.8, 4) is 11.3 Å². The molecule has 0 saturated carbocycles. The highest BCUT2D eigenvalue weighted by Gasteiger charge is 2.35. The molecule has 1 aromatic heterocycles. The molecule has 1 aromatic carbocycles. The van der Waals surface area contributed by atoms with Crippen molar-refractivity contribution in [2.24, 2.45) is 0 Å². The summed E-state index contributed by atoms with van der Waals surface area (Å²) in [5, 5.41) is 3.02. The van der Waals surface area contributed by atoms with Crippen LogP contribution >= 0.6 is 11.6 Å². The SMILES string of the molecule is Nc1noc(-c2cccc(C(F)(F)F)c2F)c1Cl. The predicted molar refractivity (Wildman–Crippen MR) is 56.3 cm³/mol. The maximum Gasteiger partial charge on any atom is 0.419 e.